The maximum atomic E-state index is 12.5. The molecule has 1 unspecified atom stereocenters. The van der Waals surface area contributed by atoms with Crippen LogP contribution in [0.3, 0.4) is 0 Å². The Hall–Kier alpha value is -1.88. The lowest BCUT2D eigenvalue weighted by molar-refractivity contribution is -0.904. The molecule has 1 aromatic carbocycles. The first-order valence-corrected chi connectivity index (χ1v) is 10.5. The van der Waals surface area contributed by atoms with Gasteiger partial charge in [0, 0.05) is 11.1 Å². The highest BCUT2D eigenvalue weighted by Crippen LogP contribution is 2.55. The molecule has 0 aliphatic heterocycles. The summed E-state index contributed by atoms with van der Waals surface area (Å²) >= 11 is 0. The molecular formula is C22H32N3O2+. The molecule has 3 amide bonds. The average molecular weight is 371 g/mol. The Kier molecular flexibility index (Phi) is 5.22. The number of quaternary nitrogens is 1. The van der Waals surface area contributed by atoms with Gasteiger partial charge in [-0.3, -0.25) is 10.1 Å². The van der Waals surface area contributed by atoms with Crippen LogP contribution in [-0.4, -0.2) is 30.6 Å². The molecule has 4 bridgehead atoms. The molecule has 5 rings (SSSR count). The maximum absolute atomic E-state index is 12.5. The number of benzene rings is 1. The topological polar surface area (TPSA) is 62.6 Å². The number of hydrogen-bond donors (Lipinski definition) is 3. The second-order valence-corrected chi connectivity index (χ2v) is 9.14. The molecule has 0 heterocycles. The van der Waals surface area contributed by atoms with Gasteiger partial charge in [-0.15, -0.1) is 0 Å². The van der Waals surface area contributed by atoms with Gasteiger partial charge in [-0.2, -0.15) is 0 Å². The zero-order chi connectivity index (χ0) is 18.9. The lowest BCUT2D eigenvalue weighted by Crippen LogP contribution is -3.11. The van der Waals surface area contributed by atoms with Crippen LogP contribution in [0.15, 0.2) is 30.3 Å². The lowest BCUT2D eigenvalue weighted by Gasteiger charge is -2.56. The van der Waals surface area contributed by atoms with Crippen LogP contribution >= 0.6 is 0 Å². The van der Waals surface area contributed by atoms with E-state index in [2.05, 4.69) is 29.7 Å². The Morgan fingerprint density at radius 2 is 1.63 bits per heavy atom. The smallest absolute Gasteiger partial charge is 0.322 e. The van der Waals surface area contributed by atoms with Crippen LogP contribution < -0.4 is 15.5 Å². The molecule has 0 radical (unpaired) electrons. The molecule has 27 heavy (non-hydrogen) atoms. The minimum atomic E-state index is -0.294. The Morgan fingerprint density at radius 3 is 2.19 bits per heavy atom. The summed E-state index contributed by atoms with van der Waals surface area (Å²) in [6.07, 6.45) is 7.32. The summed E-state index contributed by atoms with van der Waals surface area (Å²) in [5, 5.41) is 5.81. The van der Waals surface area contributed by atoms with Crippen LogP contribution in [-0.2, 0) is 11.3 Å². The van der Waals surface area contributed by atoms with Crippen molar-refractivity contribution >= 4 is 11.9 Å². The lowest BCUT2D eigenvalue weighted by atomic mass is 9.53. The van der Waals surface area contributed by atoms with Crippen molar-refractivity contribution in [1.82, 2.24) is 10.6 Å². The SMILES string of the molecule is CC[NH+](CC(=O)NC(=O)NC12CC3CC(CC(C3)C1)C2)Cc1ccccc1. The Bertz CT molecular complexity index is 653. The van der Waals surface area contributed by atoms with Crippen molar-refractivity contribution < 1.29 is 14.5 Å². The minimum Gasteiger partial charge on any atom is -0.332 e. The molecule has 0 saturated heterocycles. The third-order valence-electron chi connectivity index (χ3n) is 6.88. The van der Waals surface area contributed by atoms with E-state index >= 15 is 0 Å². The van der Waals surface area contributed by atoms with Gasteiger partial charge in [0.2, 0.25) is 0 Å². The first-order chi connectivity index (χ1) is 13.0. The van der Waals surface area contributed by atoms with Gasteiger partial charge in [0.25, 0.3) is 5.91 Å². The Balaban J connectivity index is 1.28. The molecule has 4 saturated carbocycles. The van der Waals surface area contributed by atoms with Gasteiger partial charge in [0.05, 0.1) is 6.54 Å². The van der Waals surface area contributed by atoms with Gasteiger partial charge in [0.1, 0.15) is 6.54 Å². The fraction of sp³-hybridized carbons (Fsp3) is 0.636. The highest BCUT2D eigenvalue weighted by Gasteiger charge is 2.51. The van der Waals surface area contributed by atoms with E-state index in [4.69, 9.17) is 0 Å². The van der Waals surface area contributed by atoms with Gasteiger partial charge >= 0.3 is 6.03 Å². The third-order valence-corrected chi connectivity index (χ3v) is 6.88. The Morgan fingerprint density at radius 1 is 1.04 bits per heavy atom. The molecule has 3 N–H and O–H groups in total. The van der Waals surface area contributed by atoms with Gasteiger partial charge in [-0.1, -0.05) is 30.3 Å². The van der Waals surface area contributed by atoms with Crippen LogP contribution in [0.2, 0.25) is 0 Å². The fourth-order valence-electron chi connectivity index (χ4n) is 6.13. The summed E-state index contributed by atoms with van der Waals surface area (Å²) in [5.41, 5.74) is 1.15. The highest BCUT2D eigenvalue weighted by molar-refractivity contribution is 5.95. The molecule has 4 aliphatic carbocycles. The molecule has 0 spiro atoms. The normalized spacial score (nSPS) is 32.1. The van der Waals surface area contributed by atoms with E-state index in [1.165, 1.54) is 24.8 Å². The number of amides is 3. The van der Waals surface area contributed by atoms with Crippen molar-refractivity contribution in [2.24, 2.45) is 17.8 Å². The predicted molar refractivity (Wildman–Crippen MR) is 104 cm³/mol. The van der Waals surface area contributed by atoms with E-state index in [1.807, 2.05) is 18.2 Å². The number of hydrogen-bond acceptors (Lipinski definition) is 2. The third kappa shape index (κ3) is 4.34. The highest BCUT2D eigenvalue weighted by atomic mass is 16.2. The second kappa shape index (κ2) is 7.63. The standard InChI is InChI=1S/C22H31N3O2/c1-2-25(14-16-6-4-3-5-7-16)15-20(26)23-21(27)24-22-11-17-8-18(12-22)10-19(9-17)13-22/h3-7,17-19H,2,8-15H2,1H3,(H2,23,24,26,27)/p+1. The summed E-state index contributed by atoms with van der Waals surface area (Å²) < 4.78 is 0. The molecule has 4 aliphatic rings. The minimum absolute atomic E-state index is 0.0551. The van der Waals surface area contributed by atoms with Gasteiger partial charge in [0.15, 0.2) is 6.54 Å². The monoisotopic (exact) mass is 370 g/mol. The number of imide groups is 1. The van der Waals surface area contributed by atoms with Crippen molar-refractivity contribution in [3.8, 4) is 0 Å². The molecule has 4 fully saturated rings. The van der Waals surface area contributed by atoms with Crippen LogP contribution in [0.1, 0.15) is 51.0 Å². The first kappa shape index (κ1) is 18.5. The van der Waals surface area contributed by atoms with E-state index in [0.717, 1.165) is 55.0 Å². The number of rotatable bonds is 6. The van der Waals surface area contributed by atoms with E-state index in [1.54, 1.807) is 0 Å². The molecule has 146 valence electrons. The van der Waals surface area contributed by atoms with Crippen molar-refractivity contribution in [3.63, 3.8) is 0 Å². The number of carbonyl (C=O) groups is 2. The first-order valence-electron chi connectivity index (χ1n) is 10.5. The van der Waals surface area contributed by atoms with Gasteiger partial charge in [-0.25, -0.2) is 4.79 Å². The van der Waals surface area contributed by atoms with E-state index in [-0.39, 0.29) is 17.5 Å². The molecule has 0 aromatic heterocycles. The molecule has 1 aromatic rings. The number of likely N-dealkylation sites (N-methyl/N-ethyl adjacent to an activating group) is 1. The van der Waals surface area contributed by atoms with E-state index in [0.29, 0.717) is 6.54 Å². The fourth-order valence-corrected chi connectivity index (χ4v) is 6.13. The number of urea groups is 1. The zero-order valence-electron chi connectivity index (χ0n) is 16.3. The van der Waals surface area contributed by atoms with Gasteiger partial charge in [-0.05, 0) is 63.2 Å². The van der Waals surface area contributed by atoms with Crippen LogP contribution in [0.4, 0.5) is 4.79 Å². The Labute approximate surface area is 161 Å². The molecular weight excluding hydrogens is 338 g/mol. The summed E-state index contributed by atoms with van der Waals surface area (Å²) in [4.78, 5) is 26.1. The summed E-state index contributed by atoms with van der Waals surface area (Å²) in [6, 6.07) is 9.89. The zero-order valence-corrected chi connectivity index (χ0v) is 16.3. The van der Waals surface area contributed by atoms with Gasteiger partial charge < -0.3 is 10.2 Å². The second-order valence-electron chi connectivity index (χ2n) is 9.14. The largest absolute Gasteiger partial charge is 0.332 e. The summed E-state index contributed by atoms with van der Waals surface area (Å²) in [7, 11) is 0. The van der Waals surface area contributed by atoms with Crippen LogP contribution in [0.5, 0.6) is 0 Å². The van der Waals surface area contributed by atoms with Crippen molar-refractivity contribution in [1.29, 1.82) is 0 Å². The van der Waals surface area contributed by atoms with Crippen molar-refractivity contribution in [2.75, 3.05) is 13.1 Å². The molecule has 5 nitrogen and oxygen atoms in total. The summed E-state index contributed by atoms with van der Waals surface area (Å²) in [5.74, 6) is 2.14. The predicted octanol–water partition coefficient (Wildman–Crippen LogP) is 1.89. The average Bonchev–Trinajstić information content (AvgIpc) is 2.60. The number of carbonyl (C=O) groups excluding carboxylic acids is 2. The quantitative estimate of drug-likeness (QED) is 0.716. The molecule has 5 heteroatoms. The summed E-state index contributed by atoms with van der Waals surface area (Å²) in [6.45, 7) is 4.03. The van der Waals surface area contributed by atoms with Crippen LogP contribution in [0, 0.1) is 17.8 Å². The number of nitrogens with one attached hydrogen (secondary N) is 3. The van der Waals surface area contributed by atoms with E-state index in [9.17, 15) is 9.59 Å². The van der Waals surface area contributed by atoms with E-state index < -0.39 is 0 Å². The van der Waals surface area contributed by atoms with Crippen molar-refractivity contribution in [2.45, 2.75) is 57.5 Å². The van der Waals surface area contributed by atoms with Crippen LogP contribution in [0.25, 0.3) is 0 Å². The van der Waals surface area contributed by atoms with Crippen molar-refractivity contribution in [3.05, 3.63) is 35.9 Å². The maximum Gasteiger partial charge on any atom is 0.322 e. The molecule has 1 atom stereocenters.